The van der Waals surface area contributed by atoms with E-state index in [-0.39, 0.29) is 25.0 Å². The van der Waals surface area contributed by atoms with Gasteiger partial charge in [0.05, 0.1) is 5.54 Å². The van der Waals surface area contributed by atoms with Crippen molar-refractivity contribution < 1.29 is 14.3 Å². The van der Waals surface area contributed by atoms with Crippen LogP contribution in [0.5, 0.6) is 0 Å². The SMILES string of the molecule is CCC(CC)(CN)NC(=O)COCC(=O)NCc1cccnc1. The van der Waals surface area contributed by atoms with Gasteiger partial charge in [-0.05, 0) is 24.5 Å². The van der Waals surface area contributed by atoms with Gasteiger partial charge in [-0.25, -0.2) is 0 Å². The summed E-state index contributed by atoms with van der Waals surface area (Å²) < 4.78 is 5.14. The number of pyridine rings is 1. The number of carbonyl (C=O) groups is 2. The van der Waals surface area contributed by atoms with Crippen molar-refractivity contribution >= 4 is 11.8 Å². The van der Waals surface area contributed by atoms with Gasteiger partial charge in [-0.1, -0.05) is 19.9 Å². The predicted octanol–water partition coefficient (Wildman–Crippen LogP) is 0.348. The molecule has 7 heteroatoms. The molecule has 0 atom stereocenters. The number of nitrogens with two attached hydrogens (primary N) is 1. The van der Waals surface area contributed by atoms with E-state index in [1.165, 1.54) is 0 Å². The van der Waals surface area contributed by atoms with Gasteiger partial charge in [0.25, 0.3) is 0 Å². The van der Waals surface area contributed by atoms with Crippen molar-refractivity contribution in [3.8, 4) is 0 Å². The third kappa shape index (κ3) is 6.75. The summed E-state index contributed by atoms with van der Waals surface area (Å²) >= 11 is 0. The molecule has 1 aromatic rings. The first kappa shape index (κ1) is 19.1. The molecule has 0 aliphatic rings. The maximum Gasteiger partial charge on any atom is 0.246 e. The summed E-state index contributed by atoms with van der Waals surface area (Å²) in [5.74, 6) is -0.545. The van der Waals surface area contributed by atoms with Gasteiger partial charge in [0.15, 0.2) is 0 Å². The molecule has 1 heterocycles. The normalized spacial score (nSPS) is 11.1. The Morgan fingerprint density at radius 2 is 1.96 bits per heavy atom. The molecule has 0 radical (unpaired) electrons. The van der Waals surface area contributed by atoms with Gasteiger partial charge in [0, 0.05) is 25.5 Å². The average molecular weight is 322 g/mol. The van der Waals surface area contributed by atoms with Crippen molar-refractivity contribution in [2.24, 2.45) is 5.73 Å². The standard InChI is InChI=1S/C16H26N4O3/c1-3-16(4-2,12-17)20-15(22)11-23-10-14(21)19-9-13-6-5-7-18-8-13/h5-8H,3-4,9-12,17H2,1-2H3,(H,19,21)(H,20,22). The largest absolute Gasteiger partial charge is 0.362 e. The molecule has 0 aromatic carbocycles. The number of aromatic nitrogens is 1. The number of amides is 2. The van der Waals surface area contributed by atoms with Crippen LogP contribution >= 0.6 is 0 Å². The topological polar surface area (TPSA) is 106 Å². The molecule has 23 heavy (non-hydrogen) atoms. The first-order chi connectivity index (χ1) is 11.0. The first-order valence-corrected chi connectivity index (χ1v) is 7.79. The molecule has 0 aliphatic heterocycles. The van der Waals surface area contributed by atoms with Gasteiger partial charge < -0.3 is 21.1 Å². The highest BCUT2D eigenvalue weighted by Crippen LogP contribution is 2.12. The van der Waals surface area contributed by atoms with E-state index in [4.69, 9.17) is 10.5 Å². The Morgan fingerprint density at radius 3 is 2.52 bits per heavy atom. The monoisotopic (exact) mass is 322 g/mol. The van der Waals surface area contributed by atoms with Gasteiger partial charge in [-0.3, -0.25) is 14.6 Å². The van der Waals surface area contributed by atoms with Crippen LogP contribution in [0.1, 0.15) is 32.3 Å². The van der Waals surface area contributed by atoms with Gasteiger partial charge in [-0.2, -0.15) is 0 Å². The molecule has 4 N–H and O–H groups in total. The second-order valence-electron chi connectivity index (χ2n) is 5.37. The highest BCUT2D eigenvalue weighted by molar-refractivity contribution is 5.80. The molecular formula is C16H26N4O3. The molecule has 0 unspecified atom stereocenters. The molecule has 1 aromatic heterocycles. The number of nitrogens with zero attached hydrogens (tertiary/aromatic N) is 1. The van der Waals surface area contributed by atoms with Gasteiger partial charge in [-0.15, -0.1) is 0 Å². The molecule has 0 saturated carbocycles. The number of ether oxygens (including phenoxy) is 1. The zero-order valence-corrected chi connectivity index (χ0v) is 13.8. The number of rotatable bonds is 10. The highest BCUT2D eigenvalue weighted by Gasteiger charge is 2.26. The molecular weight excluding hydrogens is 296 g/mol. The van der Waals surface area contributed by atoms with Gasteiger partial charge in [0.2, 0.25) is 11.8 Å². The zero-order valence-electron chi connectivity index (χ0n) is 13.8. The van der Waals surface area contributed by atoms with Crippen LogP contribution in [0.4, 0.5) is 0 Å². The van der Waals surface area contributed by atoms with Crippen LogP contribution in [0.2, 0.25) is 0 Å². The molecule has 0 fully saturated rings. The molecule has 0 aliphatic carbocycles. The fraction of sp³-hybridized carbons (Fsp3) is 0.562. The van der Waals surface area contributed by atoms with E-state index in [0.29, 0.717) is 13.1 Å². The highest BCUT2D eigenvalue weighted by atomic mass is 16.5. The maximum absolute atomic E-state index is 11.9. The zero-order chi connectivity index (χ0) is 17.1. The van der Waals surface area contributed by atoms with Gasteiger partial charge >= 0.3 is 0 Å². The van der Waals surface area contributed by atoms with E-state index in [0.717, 1.165) is 18.4 Å². The predicted molar refractivity (Wildman–Crippen MR) is 87.4 cm³/mol. The number of hydrogen-bond acceptors (Lipinski definition) is 5. The lowest BCUT2D eigenvalue weighted by Gasteiger charge is -2.31. The minimum atomic E-state index is -0.400. The smallest absolute Gasteiger partial charge is 0.246 e. The van der Waals surface area contributed by atoms with E-state index in [1.807, 2.05) is 19.9 Å². The van der Waals surface area contributed by atoms with E-state index >= 15 is 0 Å². The molecule has 128 valence electrons. The Kier molecular flexibility index (Phi) is 8.21. The van der Waals surface area contributed by atoms with E-state index in [2.05, 4.69) is 15.6 Å². The van der Waals surface area contributed by atoms with Crippen LogP contribution in [0, 0.1) is 0 Å². The van der Waals surface area contributed by atoms with Crippen molar-refractivity contribution in [3.63, 3.8) is 0 Å². The molecule has 0 spiro atoms. The Balaban J connectivity index is 2.25. The average Bonchev–Trinajstić information content (AvgIpc) is 2.59. The summed E-state index contributed by atoms with van der Waals surface area (Å²) in [5.41, 5.74) is 6.22. The Bertz CT molecular complexity index is 481. The lowest BCUT2D eigenvalue weighted by atomic mass is 9.93. The first-order valence-electron chi connectivity index (χ1n) is 7.79. The second-order valence-corrected chi connectivity index (χ2v) is 5.37. The van der Waals surface area contributed by atoms with Gasteiger partial charge in [0.1, 0.15) is 13.2 Å². The summed E-state index contributed by atoms with van der Waals surface area (Å²) in [4.78, 5) is 27.5. The minimum absolute atomic E-state index is 0.165. The molecule has 1 rings (SSSR count). The third-order valence-corrected chi connectivity index (χ3v) is 3.83. The van der Waals surface area contributed by atoms with E-state index < -0.39 is 5.54 Å². The van der Waals surface area contributed by atoms with Crippen LogP contribution < -0.4 is 16.4 Å². The van der Waals surface area contributed by atoms with Crippen LogP contribution in [0.15, 0.2) is 24.5 Å². The Hall–Kier alpha value is -1.99. The maximum atomic E-state index is 11.9. The number of nitrogens with one attached hydrogen (secondary N) is 2. The van der Waals surface area contributed by atoms with Crippen LogP contribution in [-0.2, 0) is 20.9 Å². The summed E-state index contributed by atoms with van der Waals surface area (Å²) in [6, 6.07) is 3.66. The lowest BCUT2D eigenvalue weighted by Crippen LogP contribution is -2.53. The van der Waals surface area contributed by atoms with Crippen LogP contribution in [-0.4, -0.2) is 42.1 Å². The van der Waals surface area contributed by atoms with Crippen molar-refractivity contribution in [1.29, 1.82) is 0 Å². The van der Waals surface area contributed by atoms with Crippen molar-refractivity contribution in [1.82, 2.24) is 15.6 Å². The third-order valence-electron chi connectivity index (χ3n) is 3.83. The Labute approximate surface area is 137 Å². The van der Waals surface area contributed by atoms with Crippen LogP contribution in [0.25, 0.3) is 0 Å². The molecule has 0 bridgehead atoms. The van der Waals surface area contributed by atoms with Crippen LogP contribution in [0.3, 0.4) is 0 Å². The number of hydrogen-bond donors (Lipinski definition) is 3. The molecule has 0 saturated heterocycles. The summed E-state index contributed by atoms with van der Waals surface area (Å²) in [5, 5.41) is 5.58. The fourth-order valence-electron chi connectivity index (χ4n) is 2.09. The van der Waals surface area contributed by atoms with Crippen molar-refractivity contribution in [2.45, 2.75) is 38.8 Å². The van der Waals surface area contributed by atoms with Crippen molar-refractivity contribution in [3.05, 3.63) is 30.1 Å². The molecule has 7 nitrogen and oxygen atoms in total. The summed E-state index contributed by atoms with van der Waals surface area (Å²) in [6.45, 7) is 4.37. The quantitative estimate of drug-likeness (QED) is 0.576. The fourth-order valence-corrected chi connectivity index (χ4v) is 2.09. The molecule has 2 amide bonds. The Morgan fingerprint density at radius 1 is 1.26 bits per heavy atom. The minimum Gasteiger partial charge on any atom is -0.362 e. The number of carbonyl (C=O) groups excluding carboxylic acids is 2. The second kappa shape index (κ2) is 9.91. The van der Waals surface area contributed by atoms with E-state index in [1.54, 1.807) is 18.5 Å². The summed E-state index contributed by atoms with van der Waals surface area (Å²) in [7, 11) is 0. The summed E-state index contributed by atoms with van der Waals surface area (Å²) in [6.07, 6.45) is 4.84. The van der Waals surface area contributed by atoms with Crippen molar-refractivity contribution in [2.75, 3.05) is 19.8 Å². The van der Waals surface area contributed by atoms with E-state index in [9.17, 15) is 9.59 Å². The lowest BCUT2D eigenvalue weighted by molar-refractivity contribution is -0.132.